The number of hydrogen-bond acceptors (Lipinski definition) is 2. The number of fused-ring (bicyclic) bond motifs is 28. The number of aromatic nitrogens is 4. The van der Waals surface area contributed by atoms with Crippen LogP contribution in [-0.4, -0.2) is 19.1 Å². The molecule has 366 valence electrons. The molecule has 0 fully saturated rings. The van der Waals surface area contributed by atoms with Crippen molar-refractivity contribution >= 4 is 76.2 Å². The molecule has 4 aromatic heterocycles. The Morgan fingerprint density at radius 3 is 0.925 bits per heavy atom. The Balaban J connectivity index is 0.821. The fraction of sp³-hybridized carbons (Fsp3) is 0.0263. The Hall–Kier alpha value is -10.4. The maximum atomic E-state index is 5.26. The van der Waals surface area contributed by atoms with Crippen LogP contribution in [0.5, 0.6) is 0 Å². The third-order valence-corrected chi connectivity index (χ3v) is 19.3. The van der Waals surface area contributed by atoms with Crippen molar-refractivity contribution in [1.82, 2.24) is 19.1 Å². The number of pyridine rings is 2. The van der Waals surface area contributed by atoms with Gasteiger partial charge in [-0.1, -0.05) is 182 Å². The summed E-state index contributed by atoms with van der Waals surface area (Å²) in [5, 5.41) is 9.67. The van der Waals surface area contributed by atoms with Crippen LogP contribution < -0.4 is 0 Å². The van der Waals surface area contributed by atoms with Crippen molar-refractivity contribution in [1.29, 1.82) is 0 Å². The molecule has 4 heterocycles. The van der Waals surface area contributed by atoms with E-state index in [0.717, 1.165) is 44.5 Å². The maximum absolute atomic E-state index is 5.26. The smallest absolute Gasteiger partial charge is 0.0969 e. The highest BCUT2D eigenvalue weighted by molar-refractivity contribution is 6.37. The lowest BCUT2D eigenvalue weighted by atomic mass is 9.70. The highest BCUT2D eigenvalue weighted by atomic mass is 15.0. The van der Waals surface area contributed by atoms with Crippen LogP contribution >= 0.6 is 0 Å². The predicted octanol–water partition coefficient (Wildman–Crippen LogP) is 18.3. The van der Waals surface area contributed by atoms with E-state index < -0.39 is 10.8 Å². The summed E-state index contributed by atoms with van der Waals surface area (Å²) >= 11 is 0. The summed E-state index contributed by atoms with van der Waals surface area (Å²) in [5.41, 5.74) is 29.0. The predicted molar refractivity (Wildman–Crippen MR) is 327 cm³/mol. The van der Waals surface area contributed by atoms with E-state index in [1.54, 1.807) is 0 Å². The first-order valence-corrected chi connectivity index (χ1v) is 27.9. The van der Waals surface area contributed by atoms with Crippen LogP contribution in [0.4, 0.5) is 0 Å². The zero-order valence-corrected chi connectivity index (χ0v) is 43.0. The van der Waals surface area contributed by atoms with E-state index in [4.69, 9.17) is 9.97 Å². The molecule has 0 N–H and O–H groups in total. The molecule has 0 aliphatic heterocycles. The SMILES string of the molecule is c1ccc2c(c1)-c1ccccc1C21c2ccccc2-c2ccc(-n3c4cccnc4c4c5ccc6cc7c(c8ccc(cc43)c5c68)c3ncccc3n7-c3ccc4c(c3)C3(c5ccccc5-c5ccccc53)c3ccccc3-4)cc21. The molecule has 20 rings (SSSR count). The third kappa shape index (κ3) is 4.66. The van der Waals surface area contributed by atoms with Gasteiger partial charge in [-0.05, 0) is 182 Å². The molecule has 0 unspecified atom stereocenters. The molecule has 4 aliphatic carbocycles. The van der Waals surface area contributed by atoms with E-state index >= 15 is 0 Å². The topological polar surface area (TPSA) is 35.6 Å². The van der Waals surface area contributed by atoms with Crippen LogP contribution in [0, 0.1) is 0 Å². The summed E-state index contributed by atoms with van der Waals surface area (Å²) < 4.78 is 4.96. The minimum absolute atomic E-state index is 0.449. The van der Waals surface area contributed by atoms with E-state index in [1.165, 1.54) is 132 Å². The molecule has 12 aromatic carbocycles. The van der Waals surface area contributed by atoms with E-state index in [2.05, 4.69) is 252 Å². The van der Waals surface area contributed by atoms with Gasteiger partial charge in [-0.3, -0.25) is 9.97 Å². The molecule has 0 amide bonds. The van der Waals surface area contributed by atoms with Crippen LogP contribution in [0.2, 0.25) is 0 Å². The molecule has 16 aromatic rings. The van der Waals surface area contributed by atoms with Gasteiger partial charge in [0.25, 0.3) is 0 Å². The molecule has 0 radical (unpaired) electrons. The van der Waals surface area contributed by atoms with E-state index in [9.17, 15) is 0 Å². The van der Waals surface area contributed by atoms with Gasteiger partial charge >= 0.3 is 0 Å². The van der Waals surface area contributed by atoms with Crippen LogP contribution in [0.15, 0.2) is 255 Å². The summed E-state index contributed by atoms with van der Waals surface area (Å²) in [5.74, 6) is 0. The van der Waals surface area contributed by atoms with Gasteiger partial charge in [-0.15, -0.1) is 0 Å². The quantitative estimate of drug-likeness (QED) is 0.162. The van der Waals surface area contributed by atoms with Crippen LogP contribution in [0.1, 0.15) is 44.5 Å². The number of benzene rings is 12. The molecular weight excluding hydrogens is 969 g/mol. The minimum Gasteiger partial charge on any atom is -0.308 e. The second kappa shape index (κ2) is 14.4. The summed E-state index contributed by atoms with van der Waals surface area (Å²) in [6.45, 7) is 0. The largest absolute Gasteiger partial charge is 0.308 e. The van der Waals surface area contributed by atoms with Gasteiger partial charge in [-0.25, -0.2) is 0 Å². The fourth-order valence-electron chi connectivity index (χ4n) is 16.6. The minimum atomic E-state index is -0.449. The second-order valence-electron chi connectivity index (χ2n) is 22.6. The van der Waals surface area contributed by atoms with E-state index in [-0.39, 0.29) is 0 Å². The first-order valence-electron chi connectivity index (χ1n) is 27.9. The highest BCUT2D eigenvalue weighted by Crippen LogP contribution is 2.65. The lowest BCUT2D eigenvalue weighted by molar-refractivity contribution is 0.792. The summed E-state index contributed by atoms with van der Waals surface area (Å²) in [4.78, 5) is 10.5. The average Bonchev–Trinajstić information content (AvgIpc) is 4.52. The Morgan fingerprint density at radius 2 is 0.575 bits per heavy atom. The lowest BCUT2D eigenvalue weighted by Crippen LogP contribution is -2.26. The molecule has 4 heteroatoms. The lowest BCUT2D eigenvalue weighted by Gasteiger charge is -2.30. The Kier molecular flexibility index (Phi) is 7.50. The molecule has 0 saturated carbocycles. The van der Waals surface area contributed by atoms with Gasteiger partial charge in [0.1, 0.15) is 0 Å². The van der Waals surface area contributed by atoms with Crippen molar-refractivity contribution in [3.8, 4) is 55.9 Å². The third-order valence-electron chi connectivity index (χ3n) is 19.3. The Morgan fingerprint density at radius 1 is 0.250 bits per heavy atom. The number of nitrogens with zero attached hydrogens (tertiary/aromatic N) is 4. The van der Waals surface area contributed by atoms with Gasteiger partial charge in [-0.2, -0.15) is 0 Å². The standard InChI is InChI=1S/C76H42N4/c1-7-21-57-47(15-1)48-16-2-8-22-58(48)75(57)61-25-11-5-19-51(61)53-35-31-45(41-63(53)75)79-65-27-13-37-77-73(65)71-55-33-30-44-40-68-72(56-34-29-43(39-67(71)79)69(55)70(44)56)74-66(28-14-38-78-74)80(68)46-32-36-54-52-20-6-12-26-62(52)76(64(54)42-46)59-23-9-3-17-49(59)50-18-4-10-24-60(50)76/h1-42H. The van der Waals surface area contributed by atoms with E-state index in [0.29, 0.717) is 0 Å². The Labute approximate surface area is 459 Å². The summed E-state index contributed by atoms with van der Waals surface area (Å²) in [6.07, 6.45) is 3.91. The monoisotopic (exact) mass is 1010 g/mol. The Bertz CT molecular complexity index is 5050. The van der Waals surface area contributed by atoms with E-state index in [1.807, 2.05) is 12.4 Å². The first kappa shape index (κ1) is 41.7. The van der Waals surface area contributed by atoms with Crippen LogP contribution in [0.25, 0.3) is 132 Å². The zero-order chi connectivity index (χ0) is 51.7. The summed E-state index contributed by atoms with van der Waals surface area (Å²) in [6, 6.07) is 91.8. The van der Waals surface area contributed by atoms with Crippen molar-refractivity contribution < 1.29 is 0 Å². The van der Waals surface area contributed by atoms with Crippen molar-refractivity contribution in [2.45, 2.75) is 10.8 Å². The fourth-order valence-corrected chi connectivity index (χ4v) is 16.6. The van der Waals surface area contributed by atoms with Crippen LogP contribution in [0.3, 0.4) is 0 Å². The zero-order valence-electron chi connectivity index (χ0n) is 43.0. The van der Waals surface area contributed by atoms with Gasteiger partial charge in [0.05, 0.1) is 43.9 Å². The maximum Gasteiger partial charge on any atom is 0.0969 e. The molecule has 0 atom stereocenters. The molecule has 4 aliphatic rings. The first-order chi connectivity index (χ1) is 39.7. The summed E-state index contributed by atoms with van der Waals surface area (Å²) in [7, 11) is 0. The second-order valence-corrected chi connectivity index (χ2v) is 22.6. The molecule has 2 spiro atoms. The number of rotatable bonds is 2. The average molecular weight is 1010 g/mol. The van der Waals surface area contributed by atoms with Gasteiger partial charge in [0, 0.05) is 34.5 Å². The normalized spacial score (nSPS) is 14.4. The molecule has 0 bridgehead atoms. The molecule has 0 saturated heterocycles. The highest BCUT2D eigenvalue weighted by Gasteiger charge is 2.53. The molecule has 4 nitrogen and oxygen atoms in total. The molecular formula is C76H42N4. The van der Waals surface area contributed by atoms with Crippen molar-refractivity contribution in [3.05, 3.63) is 300 Å². The van der Waals surface area contributed by atoms with Gasteiger partial charge in [0.15, 0.2) is 0 Å². The van der Waals surface area contributed by atoms with Crippen LogP contribution in [-0.2, 0) is 10.8 Å². The van der Waals surface area contributed by atoms with Crippen molar-refractivity contribution in [3.63, 3.8) is 0 Å². The number of hydrogen-bond donors (Lipinski definition) is 0. The van der Waals surface area contributed by atoms with Crippen molar-refractivity contribution in [2.24, 2.45) is 0 Å². The molecule has 80 heavy (non-hydrogen) atoms. The van der Waals surface area contributed by atoms with Gasteiger partial charge in [0.2, 0.25) is 0 Å². The van der Waals surface area contributed by atoms with Gasteiger partial charge < -0.3 is 9.13 Å². The van der Waals surface area contributed by atoms with Crippen molar-refractivity contribution in [2.75, 3.05) is 0 Å².